The molecule has 0 saturated heterocycles. The molecule has 0 radical (unpaired) electrons. The zero-order valence-electron chi connectivity index (χ0n) is 66.9. The molecule has 8 aromatic rings. The Morgan fingerprint density at radius 1 is 0.330 bits per heavy atom. The van der Waals surface area contributed by atoms with Gasteiger partial charge < -0.3 is 52.9 Å². The molecule has 0 saturated carbocycles. The third-order valence-corrected chi connectivity index (χ3v) is 24.2. The van der Waals surface area contributed by atoms with E-state index >= 15 is 0 Å². The Labute approximate surface area is 641 Å². The lowest BCUT2D eigenvalue weighted by molar-refractivity contribution is -0.932. The van der Waals surface area contributed by atoms with Crippen LogP contribution in [0.1, 0.15) is 159 Å². The van der Waals surface area contributed by atoms with Crippen LogP contribution in [0.3, 0.4) is 0 Å². The van der Waals surface area contributed by atoms with E-state index in [0.29, 0.717) is 0 Å². The molecular formula is C90H126I2N8+2. The molecule has 4 unspecified atom stereocenters. The number of hydrogen-bond acceptors (Lipinski definition) is 4. The summed E-state index contributed by atoms with van der Waals surface area (Å²) in [6, 6.07) is 38.5. The summed E-state index contributed by atoms with van der Waals surface area (Å²) in [5.41, 5.74) is 45.3. The van der Waals surface area contributed by atoms with E-state index in [0.717, 1.165) is 97.1 Å². The second kappa shape index (κ2) is 32.0. The normalized spacial score (nSPS) is 20.4. The van der Waals surface area contributed by atoms with Crippen molar-refractivity contribution < 1.29 is 52.4 Å². The van der Waals surface area contributed by atoms with Crippen molar-refractivity contribution in [1.29, 1.82) is 0 Å². The molecule has 8 aromatic carbocycles. The van der Waals surface area contributed by atoms with Crippen molar-refractivity contribution in [2.75, 3.05) is 106 Å². The smallest absolute Gasteiger partial charge is 0.214 e. The molecule has 0 N–H and O–H groups in total. The Morgan fingerprint density at radius 2 is 0.630 bits per heavy atom. The molecule has 0 spiro atoms. The van der Waals surface area contributed by atoms with Crippen LogP contribution in [0, 0.1) is 111 Å². The Morgan fingerprint density at radius 3 is 0.980 bits per heavy atom. The predicted octanol–water partition coefficient (Wildman–Crippen LogP) is 14.7. The van der Waals surface area contributed by atoms with Gasteiger partial charge in [0.15, 0.2) is 6.67 Å². The van der Waals surface area contributed by atoms with Crippen LogP contribution in [0.2, 0.25) is 0 Å². The number of unbranched alkanes of at least 4 members (excludes halogenated alkanes) is 1. The van der Waals surface area contributed by atoms with Crippen molar-refractivity contribution in [3.8, 4) is 44.5 Å². The third kappa shape index (κ3) is 16.2. The summed E-state index contributed by atoms with van der Waals surface area (Å²) in [5.74, 6) is 0. The molecule has 4 aliphatic heterocycles. The fourth-order valence-corrected chi connectivity index (χ4v) is 18.4. The summed E-state index contributed by atoms with van der Waals surface area (Å²) in [5, 5.41) is 0. The molecule has 100 heavy (non-hydrogen) atoms. The van der Waals surface area contributed by atoms with Crippen LogP contribution < -0.4 is 66.3 Å². The molecule has 4 atom stereocenters. The number of hydrogen-bond donors (Lipinski definition) is 0. The lowest BCUT2D eigenvalue weighted by Crippen LogP contribution is -3.00. The topological polar surface area (TPSA) is 13.0 Å². The molecule has 538 valence electrons. The number of halogens is 2. The molecular weight excluding hydrogens is 1450 g/mol. The zero-order chi connectivity index (χ0) is 71.4. The fraction of sp³-hybridized carbons (Fsp3) is 0.467. The summed E-state index contributed by atoms with van der Waals surface area (Å²) < 4.78 is 4.10. The zero-order valence-corrected chi connectivity index (χ0v) is 71.2. The highest BCUT2D eigenvalue weighted by Crippen LogP contribution is 2.46. The molecule has 0 aliphatic carbocycles. The first kappa shape index (κ1) is 80.4. The second-order valence-corrected chi connectivity index (χ2v) is 32.2. The van der Waals surface area contributed by atoms with E-state index in [1.54, 1.807) is 11.4 Å². The van der Waals surface area contributed by atoms with Gasteiger partial charge in [-0.05, 0) is 331 Å². The van der Waals surface area contributed by atoms with Gasteiger partial charge in [0.1, 0.15) is 43.6 Å². The highest BCUT2D eigenvalue weighted by molar-refractivity contribution is 5.77. The first-order valence-electron chi connectivity index (χ1n) is 37.3. The van der Waals surface area contributed by atoms with Gasteiger partial charge in [-0.2, -0.15) is 0 Å². The van der Waals surface area contributed by atoms with E-state index in [9.17, 15) is 0 Å². The maximum atomic E-state index is 2.66. The highest BCUT2D eigenvalue weighted by atomic mass is 127. The third-order valence-electron chi connectivity index (χ3n) is 24.2. The Balaban J connectivity index is 0.000000205. The second-order valence-electron chi connectivity index (χ2n) is 32.2. The standard InChI is InChI=1S/C43H58N4.C25H37N2.C22H31N2.2HI/c1-13-45-26-46(12,24-41-22-38(19-32(7)42(41)45)36-15-28(3)34(9)29(4)16-36)27-47(14-2)25-44(11)23-40-21-39(20-33(8)43(40)47)37-17-30(5)35(10)31(6)18-37;1-8-10-11-27(9-2)17-26(7)16-24-15-23(14-20(5)25(24)27)22-12-18(3)21(6)19(4)13-22;1-8-24(7)14-23(6)13-21-12-20(11-17(4)22(21)24)19-9-15(2)18(5)16(3)10-19;;/h15-22H,13-14,23-27H2,1-12H3;12-15H,8-11,16-17H2,1-7H3;9-12H,8,13-14H2,1-7H3;2*1H/q+2;2*+1;;/p-2. The van der Waals surface area contributed by atoms with Gasteiger partial charge in [0.2, 0.25) is 6.67 Å². The lowest BCUT2D eigenvalue weighted by atomic mass is 9.91. The van der Waals surface area contributed by atoms with E-state index in [-0.39, 0.29) is 48.0 Å². The highest BCUT2D eigenvalue weighted by Gasteiger charge is 2.47. The van der Waals surface area contributed by atoms with Crippen LogP contribution in [0.25, 0.3) is 44.5 Å². The molecule has 0 amide bonds. The Bertz CT molecular complexity index is 4240. The molecule has 8 nitrogen and oxygen atoms in total. The van der Waals surface area contributed by atoms with Crippen molar-refractivity contribution in [3.63, 3.8) is 0 Å². The molecule has 0 aromatic heterocycles. The number of anilines is 1. The summed E-state index contributed by atoms with van der Waals surface area (Å²) in [6.07, 6.45) is 2.55. The summed E-state index contributed by atoms with van der Waals surface area (Å²) in [7, 11) is 11.7. The molecule has 10 heteroatoms. The van der Waals surface area contributed by atoms with E-state index in [1.807, 2.05) is 0 Å². The maximum Gasteiger partial charge on any atom is 0.214 e. The van der Waals surface area contributed by atoms with Crippen LogP contribution >= 0.6 is 0 Å². The summed E-state index contributed by atoms with van der Waals surface area (Å²) >= 11 is 0. The van der Waals surface area contributed by atoms with E-state index in [4.69, 9.17) is 0 Å². The van der Waals surface area contributed by atoms with Crippen molar-refractivity contribution in [1.82, 2.24) is 28.1 Å². The van der Waals surface area contributed by atoms with Gasteiger partial charge in [-0.3, -0.25) is 28.1 Å². The fourth-order valence-electron chi connectivity index (χ4n) is 18.4. The van der Waals surface area contributed by atoms with Crippen LogP contribution in [-0.2, 0) is 26.2 Å². The van der Waals surface area contributed by atoms with Crippen molar-refractivity contribution in [2.45, 2.75) is 184 Å². The van der Waals surface area contributed by atoms with Crippen molar-refractivity contribution in [2.24, 2.45) is 0 Å². The average molecular weight is 1570 g/mol. The Hall–Kier alpha value is -5.26. The van der Waals surface area contributed by atoms with Gasteiger partial charge in [-0.25, -0.2) is 4.48 Å². The van der Waals surface area contributed by atoms with Crippen LogP contribution in [0.4, 0.5) is 22.7 Å². The number of aryl methyl sites for hydroxylation is 12. The van der Waals surface area contributed by atoms with E-state index in [1.165, 1.54) is 193 Å². The number of fused-ring (bicyclic) bond motifs is 4. The van der Waals surface area contributed by atoms with Gasteiger partial charge in [-0.15, -0.1) is 0 Å². The van der Waals surface area contributed by atoms with Crippen LogP contribution in [-0.4, -0.2) is 120 Å². The van der Waals surface area contributed by atoms with Gasteiger partial charge >= 0.3 is 0 Å². The number of quaternary nitrogens is 4. The summed E-state index contributed by atoms with van der Waals surface area (Å²) in [6.45, 7) is 63.0. The van der Waals surface area contributed by atoms with Crippen LogP contribution in [0.15, 0.2) is 97.1 Å². The van der Waals surface area contributed by atoms with E-state index < -0.39 is 0 Å². The Kier molecular flexibility index (Phi) is 25.7. The maximum absolute atomic E-state index is 2.66. The first-order chi connectivity index (χ1) is 46.2. The van der Waals surface area contributed by atoms with Crippen molar-refractivity contribution in [3.05, 3.63) is 208 Å². The quantitative estimate of drug-likeness (QED) is 0.0842. The first-order valence-corrected chi connectivity index (χ1v) is 37.3. The molecule has 12 rings (SSSR count). The number of benzene rings is 8. The number of nitrogens with zero attached hydrogens (tertiary/aromatic N) is 8. The minimum atomic E-state index is 0. The SMILES string of the molecule is CCCC[N+]1(CC)CN(C)Cc2cc(-c3cc(C)c(C)c(C)c3)cc(C)c21.CCN1C[N+](C)(C[N+]2(CC)CN(C)Cc3cc(-c4cc(C)c(C)c(C)c4)cc(C)c32)Cc2cc(-c3cc(C)c(C)c(C)c3)cc(C)c21.CC[N+]1(C)CN(C)Cc2cc(-c3cc(C)c(C)c(C)c3)cc(C)c21.[I-].[I-]. The lowest BCUT2D eigenvalue weighted by Gasteiger charge is -2.52. The minimum Gasteiger partial charge on any atom is -1.00 e. The molecule has 4 aliphatic rings. The van der Waals surface area contributed by atoms with Gasteiger partial charge in [0.25, 0.3) is 0 Å². The predicted molar refractivity (Wildman–Crippen MR) is 428 cm³/mol. The largest absolute Gasteiger partial charge is 1.00 e. The van der Waals surface area contributed by atoms with E-state index in [2.05, 4.69) is 297 Å². The van der Waals surface area contributed by atoms with Gasteiger partial charge in [0.05, 0.1) is 46.0 Å². The van der Waals surface area contributed by atoms with Crippen LogP contribution in [0.5, 0.6) is 0 Å². The average Bonchev–Trinajstić information content (AvgIpc) is 0.740. The summed E-state index contributed by atoms with van der Waals surface area (Å²) in [4.78, 5) is 10.2. The minimum absolute atomic E-state index is 0. The van der Waals surface area contributed by atoms with Crippen molar-refractivity contribution >= 4 is 22.7 Å². The molecule has 4 heterocycles. The monoisotopic (exact) mass is 1570 g/mol. The van der Waals surface area contributed by atoms with Gasteiger partial charge in [0, 0.05) is 65.1 Å². The molecule has 0 bridgehead atoms. The van der Waals surface area contributed by atoms with Gasteiger partial charge in [-0.1, -0.05) is 61.9 Å². The molecule has 0 fully saturated rings. The number of rotatable bonds is 13.